The van der Waals surface area contributed by atoms with Gasteiger partial charge in [-0.2, -0.15) is 0 Å². The zero-order chi connectivity index (χ0) is 41.8. The molecule has 0 saturated heterocycles. The fourth-order valence-corrected chi connectivity index (χ4v) is 7.53. The van der Waals surface area contributed by atoms with Gasteiger partial charge in [0.05, 0.1) is 26.4 Å². The Morgan fingerprint density at radius 1 is 0.544 bits per heavy atom. The Bertz CT molecular complexity index is 944. The molecule has 0 bridgehead atoms. The van der Waals surface area contributed by atoms with Crippen LogP contribution in [0.25, 0.3) is 0 Å². The first-order chi connectivity index (χ1) is 27.8. The number of rotatable bonds is 46. The van der Waals surface area contributed by atoms with Gasteiger partial charge < -0.3 is 24.6 Å². The van der Waals surface area contributed by atoms with Gasteiger partial charge in [0.25, 0.3) is 0 Å². The van der Waals surface area contributed by atoms with Crippen LogP contribution in [0.5, 0.6) is 0 Å². The average molecular weight is 831 g/mol. The lowest BCUT2D eigenvalue weighted by Crippen LogP contribution is -2.29. The SMILES string of the molecule is CCCCC/C=C\C/C=C\CCCCCCCCCCOCC(COP(=O)(O)OCC(O)CO)OC(=O)CCCCCCCCCCCCCCCCCCCC. The van der Waals surface area contributed by atoms with Crippen LogP contribution in [0.2, 0.25) is 0 Å². The Hall–Kier alpha value is -1.06. The lowest BCUT2D eigenvalue weighted by molar-refractivity contribution is -0.154. The van der Waals surface area contributed by atoms with Crippen LogP contribution >= 0.6 is 7.82 Å². The summed E-state index contributed by atoms with van der Waals surface area (Å²) in [4.78, 5) is 22.6. The van der Waals surface area contributed by atoms with Crippen LogP contribution in [-0.4, -0.2) is 66.3 Å². The number of aliphatic hydroxyl groups excluding tert-OH is 2. The Balaban J connectivity index is 4.10. The summed E-state index contributed by atoms with van der Waals surface area (Å²) in [7, 11) is -4.52. The number of carbonyl (C=O) groups excluding carboxylic acids is 1. The van der Waals surface area contributed by atoms with Crippen LogP contribution in [0.1, 0.15) is 226 Å². The Morgan fingerprint density at radius 3 is 1.44 bits per heavy atom. The molecule has 0 radical (unpaired) electrons. The summed E-state index contributed by atoms with van der Waals surface area (Å²) in [6.45, 7) is 3.52. The molecule has 10 heteroatoms. The lowest BCUT2D eigenvalue weighted by Gasteiger charge is -2.20. The molecule has 57 heavy (non-hydrogen) atoms. The van der Waals surface area contributed by atoms with Gasteiger partial charge in [0.15, 0.2) is 0 Å². The molecule has 0 spiro atoms. The van der Waals surface area contributed by atoms with E-state index >= 15 is 0 Å². The van der Waals surface area contributed by atoms with Crippen molar-refractivity contribution in [1.82, 2.24) is 0 Å². The van der Waals surface area contributed by atoms with Crippen molar-refractivity contribution in [3.63, 3.8) is 0 Å². The van der Waals surface area contributed by atoms with Gasteiger partial charge in [-0.25, -0.2) is 4.57 Å². The van der Waals surface area contributed by atoms with Gasteiger partial charge in [-0.15, -0.1) is 0 Å². The van der Waals surface area contributed by atoms with E-state index in [0.717, 1.165) is 51.4 Å². The monoisotopic (exact) mass is 831 g/mol. The van der Waals surface area contributed by atoms with E-state index in [4.69, 9.17) is 23.6 Å². The predicted molar refractivity (Wildman–Crippen MR) is 238 cm³/mol. The maximum Gasteiger partial charge on any atom is 0.472 e. The fraction of sp³-hybridized carbons (Fsp3) is 0.894. The molecule has 0 aromatic carbocycles. The number of unbranched alkanes of at least 4 members (excludes halogenated alkanes) is 28. The predicted octanol–water partition coefficient (Wildman–Crippen LogP) is 13.4. The molecule has 0 fully saturated rings. The maximum atomic E-state index is 12.7. The van der Waals surface area contributed by atoms with E-state index in [9.17, 15) is 19.4 Å². The second kappa shape index (κ2) is 44.5. The van der Waals surface area contributed by atoms with Crippen LogP contribution in [-0.2, 0) is 27.9 Å². The van der Waals surface area contributed by atoms with Crippen molar-refractivity contribution in [1.29, 1.82) is 0 Å². The van der Waals surface area contributed by atoms with Gasteiger partial charge >= 0.3 is 13.8 Å². The molecule has 9 nitrogen and oxygen atoms in total. The summed E-state index contributed by atoms with van der Waals surface area (Å²) in [5.74, 6) is -0.380. The van der Waals surface area contributed by atoms with Crippen molar-refractivity contribution in [3.8, 4) is 0 Å². The van der Waals surface area contributed by atoms with Gasteiger partial charge in [-0.05, 0) is 44.9 Å². The highest BCUT2D eigenvalue weighted by molar-refractivity contribution is 7.47. The molecule has 0 amide bonds. The summed E-state index contributed by atoms with van der Waals surface area (Å²) in [6.07, 6.45) is 47.0. The molecule has 0 rings (SSSR count). The standard InChI is InChI=1S/C47H91O9P/c1-3-5-7-9-11-13-15-17-19-21-23-25-27-29-31-33-35-37-39-47(50)56-46(44-55-57(51,52)54-42-45(49)41-48)43-53-40-38-36-34-32-30-28-26-24-22-20-18-16-14-12-10-8-6-4-2/h12,14,18,20,45-46,48-49H,3-11,13,15-17,19,21-44H2,1-2H3,(H,51,52)/b14-12-,20-18-. The minimum Gasteiger partial charge on any atom is -0.457 e. The highest BCUT2D eigenvalue weighted by Crippen LogP contribution is 2.43. The number of ether oxygens (including phenoxy) is 2. The maximum absolute atomic E-state index is 12.7. The number of aliphatic hydroxyl groups is 2. The number of hydrogen-bond donors (Lipinski definition) is 3. The van der Waals surface area contributed by atoms with Crippen LogP contribution in [0.4, 0.5) is 0 Å². The van der Waals surface area contributed by atoms with Crippen LogP contribution in [0.15, 0.2) is 24.3 Å². The summed E-state index contributed by atoms with van der Waals surface area (Å²) in [5.41, 5.74) is 0. The summed E-state index contributed by atoms with van der Waals surface area (Å²) >= 11 is 0. The second-order valence-corrected chi connectivity index (χ2v) is 17.6. The van der Waals surface area contributed by atoms with Crippen molar-refractivity contribution < 1.29 is 43.0 Å². The molecular formula is C47H91O9P. The van der Waals surface area contributed by atoms with Crippen molar-refractivity contribution in [2.45, 2.75) is 238 Å². The highest BCUT2D eigenvalue weighted by Gasteiger charge is 2.26. The number of esters is 1. The molecule has 3 unspecified atom stereocenters. The van der Waals surface area contributed by atoms with Crippen molar-refractivity contribution in [2.75, 3.05) is 33.0 Å². The fourth-order valence-electron chi connectivity index (χ4n) is 6.74. The smallest absolute Gasteiger partial charge is 0.457 e. The molecule has 0 heterocycles. The molecule has 3 N–H and O–H groups in total. The van der Waals surface area contributed by atoms with E-state index in [1.54, 1.807) is 0 Å². The minimum absolute atomic E-state index is 0.0494. The molecule has 0 saturated carbocycles. The topological polar surface area (TPSA) is 132 Å². The zero-order valence-electron chi connectivity index (χ0n) is 37.1. The molecule has 3 atom stereocenters. The molecular weight excluding hydrogens is 739 g/mol. The zero-order valence-corrected chi connectivity index (χ0v) is 38.0. The van der Waals surface area contributed by atoms with E-state index in [1.807, 2.05) is 0 Å². The van der Waals surface area contributed by atoms with Crippen LogP contribution < -0.4 is 0 Å². The number of allylic oxidation sites excluding steroid dienone is 4. The summed E-state index contributed by atoms with van der Waals surface area (Å²) in [6, 6.07) is 0. The van der Waals surface area contributed by atoms with E-state index < -0.39 is 33.2 Å². The number of hydrogen-bond acceptors (Lipinski definition) is 8. The van der Waals surface area contributed by atoms with Crippen molar-refractivity contribution in [3.05, 3.63) is 24.3 Å². The van der Waals surface area contributed by atoms with Gasteiger partial charge in [-0.3, -0.25) is 13.8 Å². The quantitative estimate of drug-likeness (QED) is 0.0237. The van der Waals surface area contributed by atoms with Crippen molar-refractivity contribution in [2.24, 2.45) is 0 Å². The largest absolute Gasteiger partial charge is 0.472 e. The number of phosphoric ester groups is 1. The summed E-state index contributed by atoms with van der Waals surface area (Å²) in [5, 5.41) is 18.4. The molecule has 0 aliphatic carbocycles. The first-order valence-electron chi connectivity index (χ1n) is 23.8. The van der Waals surface area contributed by atoms with Gasteiger partial charge in [0, 0.05) is 13.0 Å². The molecule has 0 aromatic rings. The molecule has 338 valence electrons. The van der Waals surface area contributed by atoms with Gasteiger partial charge in [0.1, 0.15) is 12.2 Å². The van der Waals surface area contributed by atoms with Gasteiger partial charge in [-0.1, -0.05) is 199 Å². The van der Waals surface area contributed by atoms with E-state index in [-0.39, 0.29) is 25.6 Å². The Labute approximate surface area is 351 Å². The van der Waals surface area contributed by atoms with Crippen LogP contribution in [0.3, 0.4) is 0 Å². The normalized spacial score (nSPS) is 14.1. The van der Waals surface area contributed by atoms with Crippen LogP contribution in [0, 0.1) is 0 Å². The summed E-state index contributed by atoms with van der Waals surface area (Å²) < 4.78 is 33.5. The van der Waals surface area contributed by atoms with E-state index in [2.05, 4.69) is 38.2 Å². The van der Waals surface area contributed by atoms with Crippen molar-refractivity contribution >= 4 is 13.8 Å². The molecule has 0 aliphatic heterocycles. The third kappa shape index (κ3) is 44.3. The first kappa shape index (κ1) is 55.9. The number of carbonyl (C=O) groups is 1. The van der Waals surface area contributed by atoms with Gasteiger partial charge in [0.2, 0.25) is 0 Å². The minimum atomic E-state index is -4.52. The number of phosphoric acid groups is 1. The molecule has 0 aromatic heterocycles. The molecule has 0 aliphatic rings. The highest BCUT2D eigenvalue weighted by atomic mass is 31.2. The second-order valence-electron chi connectivity index (χ2n) is 16.1. The first-order valence-corrected chi connectivity index (χ1v) is 25.3. The third-order valence-electron chi connectivity index (χ3n) is 10.4. The van der Waals surface area contributed by atoms with E-state index in [0.29, 0.717) is 6.61 Å². The van der Waals surface area contributed by atoms with E-state index in [1.165, 1.54) is 154 Å². The average Bonchev–Trinajstić information content (AvgIpc) is 3.20. The Morgan fingerprint density at radius 2 is 0.947 bits per heavy atom. The Kier molecular flexibility index (Phi) is 43.7. The lowest BCUT2D eigenvalue weighted by atomic mass is 10.0. The third-order valence-corrected chi connectivity index (χ3v) is 11.3.